The van der Waals surface area contributed by atoms with Gasteiger partial charge in [-0.1, -0.05) is 36.8 Å². The van der Waals surface area contributed by atoms with Gasteiger partial charge in [-0.3, -0.25) is 9.69 Å². The molecule has 4 rings (SSSR count). The minimum Gasteiger partial charge on any atom is -0.487 e. The maximum absolute atomic E-state index is 13.0. The fourth-order valence-electron chi connectivity index (χ4n) is 4.58. The van der Waals surface area contributed by atoms with Crippen LogP contribution in [0.3, 0.4) is 0 Å². The summed E-state index contributed by atoms with van der Waals surface area (Å²) in [7, 11) is 0. The van der Waals surface area contributed by atoms with Gasteiger partial charge in [0.1, 0.15) is 11.4 Å². The van der Waals surface area contributed by atoms with Gasteiger partial charge in [0.2, 0.25) is 0 Å². The van der Waals surface area contributed by atoms with E-state index in [1.54, 1.807) is 0 Å². The molecule has 4 heteroatoms. The van der Waals surface area contributed by atoms with E-state index in [9.17, 15) is 4.79 Å². The van der Waals surface area contributed by atoms with E-state index in [1.807, 2.05) is 18.2 Å². The van der Waals surface area contributed by atoms with Gasteiger partial charge in [-0.05, 0) is 76.4 Å². The molecule has 1 atom stereocenters. The number of nitrogens with one attached hydrogen (secondary N) is 1. The van der Waals surface area contributed by atoms with Gasteiger partial charge in [0.15, 0.2) is 0 Å². The zero-order chi connectivity index (χ0) is 21.3. The number of carbonyl (C=O) groups is 1. The van der Waals surface area contributed by atoms with Crippen LogP contribution in [0, 0.1) is 12.8 Å². The van der Waals surface area contributed by atoms with Gasteiger partial charge in [-0.2, -0.15) is 0 Å². The first-order valence-corrected chi connectivity index (χ1v) is 11.2. The number of hydrogen-bond donors (Lipinski definition) is 1. The quantitative estimate of drug-likeness (QED) is 0.753. The third kappa shape index (κ3) is 4.86. The van der Waals surface area contributed by atoms with Crippen molar-refractivity contribution in [3.8, 4) is 5.75 Å². The number of nitrogens with zero attached hydrogens (tertiary/aromatic N) is 1. The third-order valence-corrected chi connectivity index (χ3v) is 6.43. The molecule has 30 heavy (non-hydrogen) atoms. The number of piperidine rings is 1. The lowest BCUT2D eigenvalue weighted by atomic mass is 9.88. The number of carbonyl (C=O) groups excluding carboxylic acids is 1. The molecule has 2 aromatic rings. The smallest absolute Gasteiger partial charge is 0.251 e. The lowest BCUT2D eigenvalue weighted by Gasteiger charge is -2.38. The van der Waals surface area contributed by atoms with Crippen LogP contribution in [0.15, 0.2) is 42.5 Å². The highest BCUT2D eigenvalue weighted by molar-refractivity contribution is 5.94. The average molecular weight is 407 g/mol. The number of rotatable bonds is 4. The van der Waals surface area contributed by atoms with Crippen LogP contribution in [-0.2, 0) is 6.54 Å². The molecular weight excluding hydrogens is 372 g/mol. The zero-order valence-corrected chi connectivity index (χ0v) is 18.7. The van der Waals surface area contributed by atoms with Crippen LogP contribution in [-0.4, -0.2) is 29.5 Å². The molecule has 1 N–H and O–H groups in total. The zero-order valence-electron chi connectivity index (χ0n) is 18.7. The van der Waals surface area contributed by atoms with Crippen molar-refractivity contribution in [2.24, 2.45) is 5.92 Å². The van der Waals surface area contributed by atoms with Gasteiger partial charge in [-0.15, -0.1) is 0 Å². The molecule has 0 radical (unpaired) electrons. The van der Waals surface area contributed by atoms with Crippen molar-refractivity contribution in [1.29, 1.82) is 0 Å². The van der Waals surface area contributed by atoms with Crippen molar-refractivity contribution < 1.29 is 9.53 Å². The number of hydrogen-bond acceptors (Lipinski definition) is 3. The summed E-state index contributed by atoms with van der Waals surface area (Å²) < 4.78 is 6.13. The molecule has 2 aromatic carbocycles. The van der Waals surface area contributed by atoms with Crippen LogP contribution in [0.4, 0.5) is 0 Å². The van der Waals surface area contributed by atoms with Gasteiger partial charge < -0.3 is 10.1 Å². The SMILES string of the molecule is Cc1ccc2c(c1)C(NC(=O)c1ccc(CN3CCC(C)CC3)cc1)CC(C)(C)O2. The molecule has 0 spiro atoms. The molecule has 1 unspecified atom stereocenters. The molecular formula is C26H34N2O2. The Morgan fingerprint density at radius 2 is 1.83 bits per heavy atom. The van der Waals surface area contributed by atoms with Gasteiger partial charge in [-0.25, -0.2) is 0 Å². The van der Waals surface area contributed by atoms with Crippen LogP contribution in [0.25, 0.3) is 0 Å². The minimum absolute atomic E-state index is 0.0245. The molecule has 4 nitrogen and oxygen atoms in total. The number of ether oxygens (including phenoxy) is 1. The van der Waals surface area contributed by atoms with Crippen LogP contribution < -0.4 is 10.1 Å². The molecule has 2 aliphatic heterocycles. The Morgan fingerprint density at radius 1 is 1.13 bits per heavy atom. The van der Waals surface area contributed by atoms with Crippen molar-refractivity contribution >= 4 is 5.91 Å². The fraction of sp³-hybridized carbons (Fsp3) is 0.500. The number of likely N-dealkylation sites (tertiary alicyclic amines) is 1. The normalized spacial score (nSPS) is 21.5. The molecule has 0 saturated carbocycles. The van der Waals surface area contributed by atoms with Crippen molar-refractivity contribution in [1.82, 2.24) is 10.2 Å². The molecule has 1 saturated heterocycles. The molecule has 2 heterocycles. The highest BCUT2D eigenvalue weighted by Gasteiger charge is 2.34. The highest BCUT2D eigenvalue weighted by atomic mass is 16.5. The van der Waals surface area contributed by atoms with E-state index in [0.717, 1.165) is 30.2 Å². The summed E-state index contributed by atoms with van der Waals surface area (Å²) in [5, 5.41) is 3.25. The summed E-state index contributed by atoms with van der Waals surface area (Å²) in [5.74, 6) is 1.69. The van der Waals surface area contributed by atoms with Gasteiger partial charge in [0.05, 0.1) is 6.04 Å². The van der Waals surface area contributed by atoms with Crippen LogP contribution in [0.5, 0.6) is 5.75 Å². The Bertz CT molecular complexity index is 896. The first-order valence-electron chi connectivity index (χ1n) is 11.2. The van der Waals surface area contributed by atoms with Gasteiger partial charge >= 0.3 is 0 Å². The molecule has 1 amide bonds. The van der Waals surface area contributed by atoms with E-state index in [-0.39, 0.29) is 17.6 Å². The Kier molecular flexibility index (Phi) is 5.88. The summed E-state index contributed by atoms with van der Waals surface area (Å²) in [6, 6.07) is 14.3. The van der Waals surface area contributed by atoms with Gasteiger partial charge in [0, 0.05) is 24.1 Å². The Hall–Kier alpha value is -2.33. The second kappa shape index (κ2) is 8.43. The monoisotopic (exact) mass is 406 g/mol. The van der Waals surface area contributed by atoms with E-state index in [4.69, 9.17) is 4.74 Å². The van der Waals surface area contributed by atoms with Crippen molar-refractivity contribution in [3.05, 3.63) is 64.7 Å². The molecule has 0 bridgehead atoms. The standard InChI is InChI=1S/C26H34N2O2/c1-18-11-13-28(14-12-18)17-20-6-8-21(9-7-20)25(29)27-23-16-26(3,4)30-24-10-5-19(2)15-22(23)24/h5-10,15,18,23H,11-14,16-17H2,1-4H3,(H,27,29). The lowest BCUT2D eigenvalue weighted by molar-refractivity contribution is 0.0619. The molecule has 1 fully saturated rings. The summed E-state index contributed by atoms with van der Waals surface area (Å²) in [6.07, 6.45) is 3.31. The third-order valence-electron chi connectivity index (χ3n) is 6.43. The summed E-state index contributed by atoms with van der Waals surface area (Å²) in [5.41, 5.74) is 3.92. The first-order chi connectivity index (χ1) is 14.3. The van der Waals surface area contributed by atoms with Crippen molar-refractivity contribution in [2.75, 3.05) is 13.1 Å². The summed E-state index contributed by atoms with van der Waals surface area (Å²) >= 11 is 0. The van der Waals surface area contributed by atoms with E-state index >= 15 is 0 Å². The van der Waals surface area contributed by atoms with Gasteiger partial charge in [0.25, 0.3) is 5.91 Å². The molecule has 2 aliphatic rings. The van der Waals surface area contributed by atoms with E-state index in [2.05, 4.69) is 62.2 Å². The van der Waals surface area contributed by atoms with Crippen LogP contribution in [0.1, 0.15) is 73.1 Å². The maximum atomic E-state index is 13.0. The van der Waals surface area contributed by atoms with E-state index < -0.39 is 0 Å². The topological polar surface area (TPSA) is 41.6 Å². The lowest BCUT2D eigenvalue weighted by Crippen LogP contribution is -2.41. The fourth-order valence-corrected chi connectivity index (χ4v) is 4.58. The second-order valence-electron chi connectivity index (χ2n) is 9.79. The number of aryl methyl sites for hydroxylation is 1. The number of amides is 1. The average Bonchev–Trinajstić information content (AvgIpc) is 2.70. The molecule has 0 aliphatic carbocycles. The number of benzene rings is 2. The minimum atomic E-state index is -0.310. The van der Waals surface area contributed by atoms with E-state index in [1.165, 1.54) is 37.1 Å². The number of fused-ring (bicyclic) bond motifs is 1. The predicted octanol–water partition coefficient (Wildman–Crippen LogP) is 5.26. The Morgan fingerprint density at radius 3 is 2.53 bits per heavy atom. The Labute approximate surface area is 180 Å². The molecule has 0 aromatic heterocycles. The molecule has 160 valence electrons. The van der Waals surface area contributed by atoms with Crippen molar-refractivity contribution in [2.45, 2.75) is 65.1 Å². The summed E-state index contributed by atoms with van der Waals surface area (Å²) in [6.45, 7) is 11.9. The van der Waals surface area contributed by atoms with Crippen molar-refractivity contribution in [3.63, 3.8) is 0 Å². The Balaban J connectivity index is 1.43. The van der Waals surface area contributed by atoms with Crippen LogP contribution in [0.2, 0.25) is 0 Å². The highest BCUT2D eigenvalue weighted by Crippen LogP contribution is 2.40. The predicted molar refractivity (Wildman–Crippen MR) is 121 cm³/mol. The summed E-state index contributed by atoms with van der Waals surface area (Å²) in [4.78, 5) is 15.5. The van der Waals surface area contributed by atoms with E-state index in [0.29, 0.717) is 5.56 Å². The van der Waals surface area contributed by atoms with Crippen LogP contribution >= 0.6 is 0 Å². The largest absolute Gasteiger partial charge is 0.487 e. The first kappa shape index (κ1) is 20.9. The second-order valence-corrected chi connectivity index (χ2v) is 9.79. The maximum Gasteiger partial charge on any atom is 0.251 e.